The Morgan fingerprint density at radius 1 is 1.30 bits per heavy atom. The molecule has 1 aromatic rings. The van der Waals surface area contributed by atoms with Gasteiger partial charge in [0.15, 0.2) is 0 Å². The number of rotatable bonds is 7. The highest BCUT2D eigenvalue weighted by Gasteiger charge is 2.19. The van der Waals surface area contributed by atoms with Crippen molar-refractivity contribution in [2.24, 2.45) is 0 Å². The fourth-order valence-corrected chi connectivity index (χ4v) is 2.83. The molecular weight excluding hydrogens is 282 g/mol. The van der Waals surface area contributed by atoms with Crippen LogP contribution in [0.25, 0.3) is 0 Å². The molecule has 0 heterocycles. The standard InChI is InChI=1S/C13H19NO5S/c1-3-11(9-15)14-20(17,18)12-7-5-10(6-8-12)13(16)19-4-2/h5-8,11,14-15H,3-4,9H2,1-2H3/t11-/m0/s1. The van der Waals surface area contributed by atoms with Crippen molar-refractivity contribution in [1.82, 2.24) is 4.72 Å². The molecule has 1 rings (SSSR count). The van der Waals surface area contributed by atoms with Gasteiger partial charge in [-0.15, -0.1) is 0 Å². The fourth-order valence-electron chi connectivity index (χ4n) is 1.52. The molecule has 0 radical (unpaired) electrons. The second-order valence-electron chi connectivity index (χ2n) is 4.15. The first-order chi connectivity index (χ1) is 9.44. The van der Waals surface area contributed by atoms with Crippen LogP contribution in [0.1, 0.15) is 30.6 Å². The van der Waals surface area contributed by atoms with Gasteiger partial charge in [0.25, 0.3) is 0 Å². The maximum Gasteiger partial charge on any atom is 0.338 e. The minimum atomic E-state index is -3.70. The summed E-state index contributed by atoms with van der Waals surface area (Å²) in [4.78, 5) is 11.5. The third-order valence-corrected chi connectivity index (χ3v) is 4.25. The predicted octanol–water partition coefficient (Wildman–Crippen LogP) is 0.912. The molecular formula is C13H19NO5S. The largest absolute Gasteiger partial charge is 0.462 e. The van der Waals surface area contributed by atoms with Crippen molar-refractivity contribution in [3.63, 3.8) is 0 Å². The Balaban J connectivity index is 2.89. The summed E-state index contributed by atoms with van der Waals surface area (Å²) < 4.78 is 31.3. The third kappa shape index (κ3) is 4.29. The van der Waals surface area contributed by atoms with Crippen molar-refractivity contribution < 1.29 is 23.1 Å². The third-order valence-electron chi connectivity index (χ3n) is 2.71. The molecule has 0 bridgehead atoms. The van der Waals surface area contributed by atoms with E-state index in [1.165, 1.54) is 24.3 Å². The van der Waals surface area contributed by atoms with Crippen molar-refractivity contribution in [3.05, 3.63) is 29.8 Å². The lowest BCUT2D eigenvalue weighted by atomic mass is 10.2. The van der Waals surface area contributed by atoms with E-state index in [0.717, 1.165) is 0 Å². The molecule has 0 amide bonds. The predicted molar refractivity (Wildman–Crippen MR) is 73.9 cm³/mol. The minimum absolute atomic E-state index is 0.0393. The average molecular weight is 301 g/mol. The number of carbonyl (C=O) groups excluding carboxylic acids is 1. The summed E-state index contributed by atoms with van der Waals surface area (Å²) in [5.41, 5.74) is 0.292. The summed E-state index contributed by atoms with van der Waals surface area (Å²) in [5, 5.41) is 9.02. The van der Waals surface area contributed by atoms with E-state index in [-0.39, 0.29) is 18.1 Å². The number of hydrogen-bond acceptors (Lipinski definition) is 5. The number of aliphatic hydroxyl groups is 1. The van der Waals surface area contributed by atoms with Crippen LogP contribution in [0.3, 0.4) is 0 Å². The molecule has 1 aromatic carbocycles. The zero-order valence-electron chi connectivity index (χ0n) is 11.5. The SMILES string of the molecule is CCOC(=O)c1ccc(S(=O)(=O)N[C@@H](CC)CO)cc1. The molecule has 2 N–H and O–H groups in total. The molecule has 7 heteroatoms. The quantitative estimate of drug-likeness (QED) is 0.730. The molecule has 112 valence electrons. The van der Waals surface area contributed by atoms with E-state index >= 15 is 0 Å². The zero-order chi connectivity index (χ0) is 15.2. The first-order valence-electron chi connectivity index (χ1n) is 6.35. The van der Waals surface area contributed by atoms with Gasteiger partial charge in [0.2, 0.25) is 10.0 Å². The highest BCUT2D eigenvalue weighted by atomic mass is 32.2. The fraction of sp³-hybridized carbons (Fsp3) is 0.462. The number of hydrogen-bond donors (Lipinski definition) is 2. The van der Waals surface area contributed by atoms with Crippen molar-refractivity contribution in [2.45, 2.75) is 31.2 Å². The number of sulfonamides is 1. The van der Waals surface area contributed by atoms with Crippen LogP contribution in [0, 0.1) is 0 Å². The van der Waals surface area contributed by atoms with Crippen molar-refractivity contribution in [2.75, 3.05) is 13.2 Å². The van der Waals surface area contributed by atoms with Crippen molar-refractivity contribution >= 4 is 16.0 Å². The number of benzene rings is 1. The molecule has 0 spiro atoms. The topological polar surface area (TPSA) is 92.7 Å². The second kappa shape index (κ2) is 7.37. The molecule has 1 atom stereocenters. The molecule has 0 aliphatic heterocycles. The van der Waals surface area contributed by atoms with Crippen LogP contribution in [-0.2, 0) is 14.8 Å². The van der Waals surface area contributed by atoms with Crippen LogP contribution in [0.4, 0.5) is 0 Å². The van der Waals surface area contributed by atoms with Crippen LogP contribution in [0.2, 0.25) is 0 Å². The van der Waals surface area contributed by atoms with Gasteiger partial charge in [0, 0.05) is 6.04 Å². The summed E-state index contributed by atoms with van der Waals surface area (Å²) in [6, 6.07) is 4.93. The summed E-state index contributed by atoms with van der Waals surface area (Å²) in [6.45, 7) is 3.46. The van der Waals surface area contributed by atoms with Crippen LogP contribution < -0.4 is 4.72 Å². The zero-order valence-corrected chi connectivity index (χ0v) is 12.3. The number of aliphatic hydroxyl groups excluding tert-OH is 1. The Kier molecular flexibility index (Phi) is 6.12. The second-order valence-corrected chi connectivity index (χ2v) is 5.87. The number of esters is 1. The Labute approximate surface area is 118 Å². The van der Waals surface area contributed by atoms with Gasteiger partial charge in [0.1, 0.15) is 0 Å². The van der Waals surface area contributed by atoms with E-state index in [2.05, 4.69) is 4.72 Å². The van der Waals surface area contributed by atoms with Crippen LogP contribution in [-0.4, -0.2) is 38.7 Å². The Morgan fingerprint density at radius 3 is 2.35 bits per heavy atom. The highest BCUT2D eigenvalue weighted by Crippen LogP contribution is 2.12. The molecule has 0 fully saturated rings. The first kappa shape index (κ1) is 16.6. The van der Waals surface area contributed by atoms with Gasteiger partial charge in [-0.3, -0.25) is 0 Å². The lowest BCUT2D eigenvalue weighted by molar-refractivity contribution is 0.0526. The molecule has 0 unspecified atom stereocenters. The van der Waals surface area contributed by atoms with Crippen molar-refractivity contribution in [1.29, 1.82) is 0 Å². The maximum absolute atomic E-state index is 12.0. The van der Waals surface area contributed by atoms with Crippen LogP contribution in [0.5, 0.6) is 0 Å². The van der Waals surface area contributed by atoms with Gasteiger partial charge in [0.05, 0.1) is 23.7 Å². The maximum atomic E-state index is 12.0. The summed E-state index contributed by atoms with van der Waals surface area (Å²) >= 11 is 0. The highest BCUT2D eigenvalue weighted by molar-refractivity contribution is 7.89. The smallest absolute Gasteiger partial charge is 0.338 e. The number of carbonyl (C=O) groups is 1. The molecule has 0 aliphatic carbocycles. The van der Waals surface area contributed by atoms with Gasteiger partial charge in [-0.2, -0.15) is 0 Å². The summed E-state index contributed by atoms with van der Waals surface area (Å²) in [5.74, 6) is -0.494. The first-order valence-corrected chi connectivity index (χ1v) is 7.83. The monoisotopic (exact) mass is 301 g/mol. The minimum Gasteiger partial charge on any atom is -0.462 e. The molecule has 20 heavy (non-hydrogen) atoms. The van der Waals surface area contributed by atoms with E-state index < -0.39 is 22.0 Å². The Hall–Kier alpha value is -1.44. The number of nitrogens with one attached hydrogen (secondary N) is 1. The lowest BCUT2D eigenvalue weighted by Gasteiger charge is -2.14. The molecule has 6 nitrogen and oxygen atoms in total. The molecule has 0 saturated carbocycles. The Morgan fingerprint density at radius 2 is 1.90 bits per heavy atom. The van der Waals surface area contributed by atoms with Crippen LogP contribution >= 0.6 is 0 Å². The van der Waals surface area contributed by atoms with Gasteiger partial charge < -0.3 is 9.84 Å². The average Bonchev–Trinajstić information content (AvgIpc) is 2.45. The summed E-state index contributed by atoms with van der Waals surface area (Å²) in [7, 11) is -3.70. The van der Waals surface area contributed by atoms with E-state index in [4.69, 9.17) is 9.84 Å². The van der Waals surface area contributed by atoms with E-state index in [1.807, 2.05) is 0 Å². The molecule has 0 saturated heterocycles. The van der Waals surface area contributed by atoms with Gasteiger partial charge in [-0.1, -0.05) is 6.92 Å². The van der Waals surface area contributed by atoms with E-state index in [0.29, 0.717) is 12.0 Å². The molecule has 0 aromatic heterocycles. The molecule has 0 aliphatic rings. The lowest BCUT2D eigenvalue weighted by Crippen LogP contribution is -2.36. The number of ether oxygens (including phenoxy) is 1. The Bertz CT molecular complexity index is 534. The van der Waals surface area contributed by atoms with Gasteiger partial charge in [-0.25, -0.2) is 17.9 Å². The van der Waals surface area contributed by atoms with E-state index in [1.54, 1.807) is 13.8 Å². The van der Waals surface area contributed by atoms with Crippen molar-refractivity contribution in [3.8, 4) is 0 Å². The van der Waals surface area contributed by atoms with Gasteiger partial charge >= 0.3 is 5.97 Å². The van der Waals surface area contributed by atoms with Gasteiger partial charge in [-0.05, 0) is 37.6 Å². The summed E-state index contributed by atoms with van der Waals surface area (Å²) in [6.07, 6.45) is 0.483. The normalized spacial score (nSPS) is 12.9. The van der Waals surface area contributed by atoms with E-state index in [9.17, 15) is 13.2 Å². The van der Waals surface area contributed by atoms with Crippen LogP contribution in [0.15, 0.2) is 29.2 Å².